The normalized spacial score (nSPS) is 19.1. The Labute approximate surface area is 167 Å². The van der Waals surface area contributed by atoms with Crippen molar-refractivity contribution in [2.75, 3.05) is 32.1 Å². The Hall–Kier alpha value is -0.740. The summed E-state index contributed by atoms with van der Waals surface area (Å²) in [6.07, 6.45) is 8.93. The van der Waals surface area contributed by atoms with E-state index < -0.39 is 5.79 Å². The molecule has 2 rings (SSSR count). The topological polar surface area (TPSA) is 27.7 Å². The molecule has 0 amide bonds. The summed E-state index contributed by atoms with van der Waals surface area (Å²) >= 11 is 11.5. The van der Waals surface area contributed by atoms with Crippen molar-refractivity contribution in [2.24, 2.45) is 0 Å². The van der Waals surface area contributed by atoms with E-state index in [2.05, 4.69) is 18.2 Å². The number of benzene rings is 1. The van der Waals surface area contributed by atoms with Gasteiger partial charge in [0, 0.05) is 36.4 Å². The Bertz CT molecular complexity index is 562. The first-order chi connectivity index (χ1) is 12.8. The molecule has 0 N–H and O–H groups in total. The van der Waals surface area contributed by atoms with Gasteiger partial charge in [0.25, 0.3) is 0 Å². The van der Waals surface area contributed by atoms with Crippen LogP contribution in [0.15, 0.2) is 30.3 Å². The highest BCUT2D eigenvalue weighted by Crippen LogP contribution is 2.41. The largest absolute Gasteiger partial charge is 0.493 e. The van der Waals surface area contributed by atoms with Crippen molar-refractivity contribution < 1.29 is 14.2 Å². The van der Waals surface area contributed by atoms with Crippen molar-refractivity contribution >= 4 is 29.0 Å². The second-order valence-corrected chi connectivity index (χ2v) is 7.23. The lowest BCUT2D eigenvalue weighted by Crippen LogP contribution is -2.35. The number of hydrogen-bond donors (Lipinski definition) is 0. The number of unbranched alkanes of at least 4 members (excludes halogenated alkanes) is 4. The van der Waals surface area contributed by atoms with E-state index in [0.29, 0.717) is 31.4 Å². The zero-order valence-electron chi connectivity index (χ0n) is 15.6. The number of ether oxygens (including phenoxy) is 3. The third-order valence-corrected chi connectivity index (χ3v) is 5.17. The molecule has 146 valence electrons. The van der Waals surface area contributed by atoms with E-state index >= 15 is 0 Å². The lowest BCUT2D eigenvalue weighted by atomic mass is 9.90. The van der Waals surface area contributed by atoms with Crippen LogP contribution in [0.5, 0.6) is 0 Å². The molecule has 0 spiro atoms. The predicted molar refractivity (Wildman–Crippen MR) is 109 cm³/mol. The van der Waals surface area contributed by atoms with Crippen molar-refractivity contribution in [3.05, 3.63) is 41.5 Å². The number of hydrogen-bond acceptors (Lipinski definition) is 3. The molecule has 1 aliphatic rings. The lowest BCUT2D eigenvalue weighted by Gasteiger charge is -2.36. The van der Waals surface area contributed by atoms with Gasteiger partial charge in [-0.3, -0.25) is 0 Å². The molecule has 0 bridgehead atoms. The maximum Gasteiger partial charge on any atom is 0.198 e. The third kappa shape index (κ3) is 5.88. The number of rotatable bonds is 13. The van der Waals surface area contributed by atoms with Crippen LogP contribution in [0.2, 0.25) is 0 Å². The summed E-state index contributed by atoms with van der Waals surface area (Å²) in [5, 5.41) is 0. The minimum atomic E-state index is -0.733. The summed E-state index contributed by atoms with van der Waals surface area (Å²) in [5.41, 5.74) is 2.09. The van der Waals surface area contributed by atoms with Crippen molar-refractivity contribution in [1.29, 1.82) is 0 Å². The molecule has 0 heterocycles. The molecule has 1 atom stereocenters. The van der Waals surface area contributed by atoms with Crippen LogP contribution in [0.25, 0.3) is 5.76 Å². The summed E-state index contributed by atoms with van der Waals surface area (Å²) in [6.45, 7) is 1.36. The van der Waals surface area contributed by atoms with E-state index in [-0.39, 0.29) is 0 Å². The summed E-state index contributed by atoms with van der Waals surface area (Å²) < 4.78 is 18.1. The second kappa shape index (κ2) is 11.9. The minimum absolute atomic E-state index is 0.646. The molecule has 5 heteroatoms. The number of fused-ring (bicyclic) bond motifs is 1. The van der Waals surface area contributed by atoms with Crippen LogP contribution in [0.4, 0.5) is 0 Å². The predicted octanol–water partition coefficient (Wildman–Crippen LogP) is 6.08. The molecule has 0 aliphatic heterocycles. The fourth-order valence-electron chi connectivity index (χ4n) is 3.17. The van der Waals surface area contributed by atoms with E-state index in [1.54, 1.807) is 7.11 Å². The third-order valence-electron chi connectivity index (χ3n) is 4.64. The van der Waals surface area contributed by atoms with Gasteiger partial charge in [0.15, 0.2) is 5.79 Å². The molecule has 0 radical (unpaired) electrons. The van der Waals surface area contributed by atoms with E-state index in [1.807, 2.05) is 12.1 Å². The van der Waals surface area contributed by atoms with E-state index in [1.165, 1.54) is 0 Å². The van der Waals surface area contributed by atoms with Crippen molar-refractivity contribution in [1.82, 2.24) is 0 Å². The van der Waals surface area contributed by atoms with Gasteiger partial charge in [0.05, 0.1) is 13.2 Å². The van der Waals surface area contributed by atoms with E-state index in [9.17, 15) is 0 Å². The molecule has 1 unspecified atom stereocenters. The van der Waals surface area contributed by atoms with Gasteiger partial charge in [-0.05, 0) is 44.6 Å². The van der Waals surface area contributed by atoms with Crippen molar-refractivity contribution in [3.8, 4) is 0 Å². The van der Waals surface area contributed by atoms with Crippen LogP contribution in [0.3, 0.4) is 0 Å². The van der Waals surface area contributed by atoms with E-state index in [0.717, 1.165) is 55.4 Å². The molecule has 3 nitrogen and oxygen atoms in total. The number of alkyl halides is 2. The SMILES string of the molecule is COC1(OCCCCCCl)CC=C(OCCCCCCl)c2ccccc21. The second-order valence-electron chi connectivity index (χ2n) is 6.47. The molecule has 1 aromatic rings. The molecular weight excluding hydrogens is 371 g/mol. The lowest BCUT2D eigenvalue weighted by molar-refractivity contribution is -0.231. The fraction of sp³-hybridized carbons (Fsp3) is 0.619. The molecule has 0 fully saturated rings. The van der Waals surface area contributed by atoms with Crippen LogP contribution < -0.4 is 0 Å². The highest BCUT2D eigenvalue weighted by Gasteiger charge is 2.38. The highest BCUT2D eigenvalue weighted by molar-refractivity contribution is 6.18. The van der Waals surface area contributed by atoms with Crippen molar-refractivity contribution in [3.63, 3.8) is 0 Å². The fourth-order valence-corrected chi connectivity index (χ4v) is 3.55. The first kappa shape index (κ1) is 21.6. The Kier molecular flexibility index (Phi) is 9.84. The number of halogens is 2. The standard InChI is InChI=1S/C21H30Cl2O3/c1-24-21(26-17-9-3-7-15-23)13-12-20(25-16-8-2-6-14-22)18-10-4-5-11-19(18)21/h4-5,10-12H,2-3,6-9,13-17H2,1H3. The van der Waals surface area contributed by atoms with Gasteiger partial charge in [-0.2, -0.15) is 0 Å². The maximum absolute atomic E-state index is 6.22. The Morgan fingerprint density at radius 3 is 2.31 bits per heavy atom. The van der Waals surface area contributed by atoms with Crippen LogP contribution in [-0.2, 0) is 20.0 Å². The average Bonchev–Trinajstić information content (AvgIpc) is 2.68. The summed E-state index contributed by atoms with van der Waals surface area (Å²) in [5.74, 6) is 1.60. The molecule has 1 aromatic carbocycles. The smallest absolute Gasteiger partial charge is 0.198 e. The number of methoxy groups -OCH3 is 1. The monoisotopic (exact) mass is 400 g/mol. The van der Waals surface area contributed by atoms with Crippen LogP contribution in [0, 0.1) is 0 Å². The summed E-state index contributed by atoms with van der Waals surface area (Å²) in [7, 11) is 1.71. The van der Waals surface area contributed by atoms with Gasteiger partial charge in [-0.1, -0.05) is 24.3 Å². The van der Waals surface area contributed by atoms with Gasteiger partial charge >= 0.3 is 0 Å². The molecule has 0 saturated carbocycles. The zero-order valence-corrected chi connectivity index (χ0v) is 17.2. The van der Waals surface area contributed by atoms with Gasteiger partial charge in [0.1, 0.15) is 5.76 Å². The molecule has 26 heavy (non-hydrogen) atoms. The Balaban J connectivity index is 2.02. The first-order valence-corrected chi connectivity index (χ1v) is 10.6. The summed E-state index contributed by atoms with van der Waals surface area (Å²) in [4.78, 5) is 0. The minimum Gasteiger partial charge on any atom is -0.493 e. The average molecular weight is 401 g/mol. The Morgan fingerprint density at radius 2 is 1.62 bits per heavy atom. The van der Waals surface area contributed by atoms with Crippen LogP contribution in [0.1, 0.15) is 56.1 Å². The van der Waals surface area contributed by atoms with Gasteiger partial charge in [-0.15, -0.1) is 23.2 Å². The first-order valence-electron chi connectivity index (χ1n) is 9.51. The van der Waals surface area contributed by atoms with Crippen LogP contribution in [-0.4, -0.2) is 32.1 Å². The quantitative estimate of drug-likeness (QED) is 0.228. The molecule has 0 aromatic heterocycles. The maximum atomic E-state index is 6.22. The molecular formula is C21H30Cl2O3. The van der Waals surface area contributed by atoms with Crippen molar-refractivity contribution in [2.45, 2.75) is 50.7 Å². The van der Waals surface area contributed by atoms with Gasteiger partial charge in [0.2, 0.25) is 0 Å². The van der Waals surface area contributed by atoms with E-state index in [4.69, 9.17) is 37.4 Å². The molecule has 1 aliphatic carbocycles. The summed E-state index contributed by atoms with van der Waals surface area (Å²) in [6, 6.07) is 8.19. The van der Waals surface area contributed by atoms with Crippen LogP contribution >= 0.6 is 23.2 Å². The zero-order chi connectivity index (χ0) is 18.7. The van der Waals surface area contributed by atoms with Gasteiger partial charge in [-0.25, -0.2) is 0 Å². The highest BCUT2D eigenvalue weighted by atomic mass is 35.5. The Morgan fingerprint density at radius 1 is 0.923 bits per heavy atom. The molecule has 0 saturated heterocycles. The van der Waals surface area contributed by atoms with Gasteiger partial charge < -0.3 is 14.2 Å².